The third kappa shape index (κ3) is 3.26. The summed E-state index contributed by atoms with van der Waals surface area (Å²) in [7, 11) is 0. The van der Waals surface area contributed by atoms with Crippen LogP contribution in [0.2, 0.25) is 0 Å². The molecule has 0 atom stereocenters. The quantitative estimate of drug-likeness (QED) is 0.619. The lowest BCUT2D eigenvalue weighted by Crippen LogP contribution is -1.93. The van der Waals surface area contributed by atoms with Gasteiger partial charge < -0.3 is 10.2 Å². The zero-order valence-electron chi connectivity index (χ0n) is 8.46. The van der Waals surface area contributed by atoms with E-state index in [0.29, 0.717) is 6.07 Å². The van der Waals surface area contributed by atoms with Crippen LogP contribution in [0, 0.1) is 15.9 Å². The number of phenolic OH excluding ortho intramolecular Hbond substituents is 1. The first-order valence-electron chi connectivity index (χ1n) is 4.47. The molecule has 0 aliphatic heterocycles. The fraction of sp³-hybridized carbons (Fsp3) is 0.100. The summed E-state index contributed by atoms with van der Waals surface area (Å²) >= 11 is 0. The van der Waals surface area contributed by atoms with Crippen molar-refractivity contribution in [2.45, 2.75) is 6.42 Å². The van der Waals surface area contributed by atoms with Gasteiger partial charge in [-0.15, -0.1) is 0 Å². The van der Waals surface area contributed by atoms with Crippen LogP contribution in [-0.2, 0) is 4.79 Å². The van der Waals surface area contributed by atoms with Crippen molar-refractivity contribution in [2.24, 2.45) is 0 Å². The maximum atomic E-state index is 13.0. The van der Waals surface area contributed by atoms with Gasteiger partial charge in [-0.3, -0.25) is 14.9 Å². The first kappa shape index (κ1) is 12.6. The summed E-state index contributed by atoms with van der Waals surface area (Å²) < 4.78 is 13.0. The number of carboxylic acid groups (broad SMARTS) is 1. The molecule has 1 aromatic carbocycles. The van der Waals surface area contributed by atoms with E-state index in [2.05, 4.69) is 0 Å². The molecule has 0 heterocycles. The van der Waals surface area contributed by atoms with E-state index in [1.807, 2.05) is 0 Å². The van der Waals surface area contributed by atoms with Crippen LogP contribution in [0.5, 0.6) is 5.75 Å². The molecule has 0 bridgehead atoms. The van der Waals surface area contributed by atoms with Crippen LogP contribution in [0.4, 0.5) is 10.1 Å². The molecule has 0 radical (unpaired) electrons. The number of aliphatic carboxylic acids is 1. The molecule has 0 aliphatic rings. The van der Waals surface area contributed by atoms with E-state index in [0.717, 1.165) is 18.2 Å². The molecule has 7 heteroatoms. The molecule has 2 N–H and O–H groups in total. The highest BCUT2D eigenvalue weighted by Gasteiger charge is 2.17. The van der Waals surface area contributed by atoms with Crippen molar-refractivity contribution >= 4 is 17.7 Å². The average molecular weight is 241 g/mol. The van der Waals surface area contributed by atoms with Crippen LogP contribution in [0.25, 0.3) is 6.08 Å². The second-order valence-electron chi connectivity index (χ2n) is 3.12. The maximum absolute atomic E-state index is 13.0. The monoisotopic (exact) mass is 241 g/mol. The number of carbonyl (C=O) groups is 1. The minimum Gasteiger partial charge on any atom is -0.502 e. The standard InChI is InChI=1S/C10H8FNO5/c11-7-4-6(2-1-3-9(13)14)10(15)8(5-7)12(16)17/h1-2,4-5,15H,3H2,(H,13,14). The SMILES string of the molecule is O=C(O)CC=Cc1cc(F)cc([N+](=O)[O-])c1O. The molecule has 1 rings (SSSR count). The third-order valence-corrected chi connectivity index (χ3v) is 1.87. The predicted octanol–water partition coefficient (Wildman–Crippen LogP) is 1.93. The van der Waals surface area contributed by atoms with E-state index in [4.69, 9.17) is 5.11 Å². The van der Waals surface area contributed by atoms with E-state index >= 15 is 0 Å². The highest BCUT2D eigenvalue weighted by molar-refractivity contribution is 5.72. The number of carboxylic acids is 1. The van der Waals surface area contributed by atoms with Crippen LogP contribution in [0.3, 0.4) is 0 Å². The molecule has 90 valence electrons. The summed E-state index contributed by atoms with van der Waals surface area (Å²) in [6.45, 7) is 0. The Morgan fingerprint density at radius 2 is 2.18 bits per heavy atom. The van der Waals surface area contributed by atoms with Crippen LogP contribution >= 0.6 is 0 Å². The van der Waals surface area contributed by atoms with Crippen LogP contribution in [-0.4, -0.2) is 21.1 Å². The highest BCUT2D eigenvalue weighted by atomic mass is 19.1. The van der Waals surface area contributed by atoms with Gasteiger partial charge in [0.15, 0.2) is 0 Å². The van der Waals surface area contributed by atoms with Gasteiger partial charge in [-0.2, -0.15) is 0 Å². The Morgan fingerprint density at radius 3 is 2.71 bits per heavy atom. The van der Waals surface area contributed by atoms with Crippen LogP contribution in [0.1, 0.15) is 12.0 Å². The largest absolute Gasteiger partial charge is 0.502 e. The molecule has 0 spiro atoms. The number of rotatable bonds is 4. The van der Waals surface area contributed by atoms with Gasteiger partial charge in [0.1, 0.15) is 5.82 Å². The molecular formula is C10H8FNO5. The topological polar surface area (TPSA) is 101 Å². The molecule has 0 unspecified atom stereocenters. The van der Waals surface area contributed by atoms with Gasteiger partial charge >= 0.3 is 11.7 Å². The Balaban J connectivity index is 3.11. The van der Waals surface area contributed by atoms with Gasteiger partial charge in [0.05, 0.1) is 17.4 Å². The second kappa shape index (κ2) is 5.06. The van der Waals surface area contributed by atoms with Crippen molar-refractivity contribution < 1.29 is 24.3 Å². The van der Waals surface area contributed by atoms with Crippen molar-refractivity contribution in [1.82, 2.24) is 0 Å². The summed E-state index contributed by atoms with van der Waals surface area (Å²) in [5, 5.41) is 28.3. The van der Waals surface area contributed by atoms with Gasteiger partial charge in [-0.25, -0.2) is 4.39 Å². The van der Waals surface area contributed by atoms with Crippen molar-refractivity contribution in [3.8, 4) is 5.75 Å². The number of hydrogen-bond acceptors (Lipinski definition) is 4. The number of nitro groups is 1. The number of nitro benzene ring substituents is 1. The minimum atomic E-state index is -1.10. The van der Waals surface area contributed by atoms with E-state index < -0.39 is 28.1 Å². The number of hydrogen-bond donors (Lipinski definition) is 2. The Bertz CT molecular complexity index is 498. The van der Waals surface area contributed by atoms with E-state index in [1.165, 1.54) is 0 Å². The van der Waals surface area contributed by atoms with Crippen LogP contribution < -0.4 is 0 Å². The number of aromatic hydroxyl groups is 1. The minimum absolute atomic E-state index is 0.141. The van der Waals surface area contributed by atoms with E-state index in [1.54, 1.807) is 0 Å². The Kier molecular flexibility index (Phi) is 3.76. The summed E-state index contributed by atoms with van der Waals surface area (Å²) in [6, 6.07) is 1.46. The summed E-state index contributed by atoms with van der Waals surface area (Å²) in [5.74, 6) is -2.69. The second-order valence-corrected chi connectivity index (χ2v) is 3.12. The number of benzene rings is 1. The molecule has 0 saturated heterocycles. The predicted molar refractivity (Wildman–Crippen MR) is 56.0 cm³/mol. The highest BCUT2D eigenvalue weighted by Crippen LogP contribution is 2.31. The molecule has 6 nitrogen and oxygen atoms in total. The molecule has 1 aromatic rings. The summed E-state index contributed by atoms with van der Waals surface area (Å²) in [6.07, 6.45) is 1.93. The average Bonchev–Trinajstić information content (AvgIpc) is 2.21. The zero-order chi connectivity index (χ0) is 13.0. The molecule has 0 fully saturated rings. The normalized spacial score (nSPS) is 10.6. The van der Waals surface area contributed by atoms with Crippen molar-refractivity contribution in [3.63, 3.8) is 0 Å². The smallest absolute Gasteiger partial charge is 0.314 e. The van der Waals surface area contributed by atoms with Gasteiger partial charge in [0, 0.05) is 5.56 Å². The molecule has 0 saturated carbocycles. The van der Waals surface area contributed by atoms with Gasteiger partial charge in [0.2, 0.25) is 5.75 Å². The summed E-state index contributed by atoms with van der Waals surface area (Å²) in [5.41, 5.74) is -0.905. The lowest BCUT2D eigenvalue weighted by atomic mass is 10.1. The molecule has 0 aliphatic carbocycles. The number of phenols is 1. The van der Waals surface area contributed by atoms with Crippen LogP contribution in [0.15, 0.2) is 18.2 Å². The summed E-state index contributed by atoms with van der Waals surface area (Å²) in [4.78, 5) is 19.8. The number of nitrogens with zero attached hydrogens (tertiary/aromatic N) is 1. The molecule has 0 aromatic heterocycles. The Labute approximate surface area is 94.8 Å². The lowest BCUT2D eigenvalue weighted by molar-refractivity contribution is -0.386. The van der Waals surface area contributed by atoms with Gasteiger partial charge in [0.25, 0.3) is 0 Å². The first-order valence-corrected chi connectivity index (χ1v) is 4.47. The van der Waals surface area contributed by atoms with E-state index in [-0.39, 0.29) is 12.0 Å². The van der Waals surface area contributed by atoms with Gasteiger partial charge in [-0.05, 0) is 6.07 Å². The Morgan fingerprint density at radius 1 is 1.53 bits per heavy atom. The maximum Gasteiger partial charge on any atom is 0.314 e. The molecule has 17 heavy (non-hydrogen) atoms. The zero-order valence-corrected chi connectivity index (χ0v) is 8.46. The van der Waals surface area contributed by atoms with Crippen molar-refractivity contribution in [1.29, 1.82) is 0 Å². The number of halogens is 1. The van der Waals surface area contributed by atoms with Crippen molar-refractivity contribution in [2.75, 3.05) is 0 Å². The lowest BCUT2D eigenvalue weighted by Gasteiger charge is -2.00. The Hall–Kier alpha value is -2.44. The van der Waals surface area contributed by atoms with Gasteiger partial charge in [-0.1, -0.05) is 12.2 Å². The fourth-order valence-electron chi connectivity index (χ4n) is 1.16. The molecule has 0 amide bonds. The fourth-order valence-corrected chi connectivity index (χ4v) is 1.16. The third-order valence-electron chi connectivity index (χ3n) is 1.87. The van der Waals surface area contributed by atoms with Crippen molar-refractivity contribution in [3.05, 3.63) is 39.7 Å². The first-order chi connectivity index (χ1) is 7.91. The van der Waals surface area contributed by atoms with E-state index in [9.17, 15) is 24.4 Å². The molecular weight excluding hydrogens is 233 g/mol.